The van der Waals surface area contributed by atoms with E-state index in [1.165, 1.54) is 18.2 Å². The number of hydrogen-bond acceptors (Lipinski definition) is 7. The third-order valence-corrected chi connectivity index (χ3v) is 3.63. The number of ether oxygens (including phenoxy) is 2. The second-order valence-electron chi connectivity index (χ2n) is 5.74. The van der Waals surface area contributed by atoms with E-state index in [-0.39, 0.29) is 31.1 Å². The van der Waals surface area contributed by atoms with Crippen LogP contribution in [-0.4, -0.2) is 40.4 Å². The number of anilines is 1. The summed E-state index contributed by atoms with van der Waals surface area (Å²) in [5.74, 6) is 0.969. The van der Waals surface area contributed by atoms with E-state index in [0.717, 1.165) is 5.69 Å². The summed E-state index contributed by atoms with van der Waals surface area (Å²) >= 11 is 0. The molecule has 8 heteroatoms. The van der Waals surface area contributed by atoms with Gasteiger partial charge in [0, 0.05) is 24.4 Å². The summed E-state index contributed by atoms with van der Waals surface area (Å²) in [7, 11) is 0. The molecule has 0 unspecified atom stereocenters. The number of aryl methyl sites for hydroxylation is 1. The van der Waals surface area contributed by atoms with Crippen LogP contribution in [0.25, 0.3) is 0 Å². The van der Waals surface area contributed by atoms with Gasteiger partial charge in [0.25, 0.3) is 5.69 Å². The Hall–Kier alpha value is -2.71. The van der Waals surface area contributed by atoms with Gasteiger partial charge in [-0.1, -0.05) is 0 Å². The highest BCUT2D eigenvalue weighted by Gasteiger charge is 2.36. The van der Waals surface area contributed by atoms with Gasteiger partial charge in [-0.15, -0.1) is 0 Å². The highest BCUT2D eigenvalue weighted by Crippen LogP contribution is 2.32. The van der Waals surface area contributed by atoms with Gasteiger partial charge in [0.05, 0.1) is 24.3 Å². The van der Waals surface area contributed by atoms with Crippen LogP contribution in [0.15, 0.2) is 36.5 Å². The number of hydrogen-bond donors (Lipinski definition) is 2. The number of rotatable bonds is 6. The van der Waals surface area contributed by atoms with Crippen molar-refractivity contribution in [2.75, 3.05) is 25.1 Å². The molecule has 3 rings (SSSR count). The monoisotopic (exact) mass is 331 g/mol. The van der Waals surface area contributed by atoms with E-state index in [0.29, 0.717) is 11.5 Å². The molecular weight excluding hydrogens is 314 g/mol. The van der Waals surface area contributed by atoms with Crippen LogP contribution in [0.5, 0.6) is 11.5 Å². The molecule has 0 amide bonds. The second kappa shape index (κ2) is 6.42. The molecule has 1 aromatic heterocycles. The minimum Gasteiger partial charge on any atom is -0.456 e. The maximum absolute atomic E-state index is 11.2. The Kier molecular flexibility index (Phi) is 4.32. The molecule has 0 bridgehead atoms. The molecular formula is C16H17N3O5. The molecule has 0 spiro atoms. The third kappa shape index (κ3) is 3.61. The Bertz CT molecular complexity index is 744. The summed E-state index contributed by atoms with van der Waals surface area (Å²) in [4.78, 5) is 14.8. The van der Waals surface area contributed by atoms with E-state index >= 15 is 0 Å². The van der Waals surface area contributed by atoms with Crippen LogP contribution in [0.3, 0.4) is 0 Å². The summed E-state index contributed by atoms with van der Waals surface area (Å²) < 4.78 is 10.6. The van der Waals surface area contributed by atoms with Crippen molar-refractivity contribution < 1.29 is 19.5 Å². The Labute approximate surface area is 138 Å². The zero-order valence-corrected chi connectivity index (χ0v) is 13.1. The predicted octanol–water partition coefficient (Wildman–Crippen LogP) is 2.26. The average Bonchev–Trinajstić information content (AvgIpc) is 2.53. The second-order valence-corrected chi connectivity index (χ2v) is 5.74. The van der Waals surface area contributed by atoms with Gasteiger partial charge in [0.15, 0.2) is 0 Å². The molecule has 1 saturated heterocycles. The first-order valence-electron chi connectivity index (χ1n) is 7.38. The standard InChI is InChI=1S/C16H17N3O5/c1-11-2-3-13(7-17-11)24-12-4-5-15(19(21)22)14(6-12)18-8-16(20)9-23-10-16/h2-7,18,20H,8-10H2,1H3. The van der Waals surface area contributed by atoms with Crippen molar-refractivity contribution in [3.8, 4) is 11.5 Å². The zero-order valence-electron chi connectivity index (χ0n) is 13.1. The summed E-state index contributed by atoms with van der Waals surface area (Å²) in [6, 6.07) is 7.99. The van der Waals surface area contributed by atoms with Crippen molar-refractivity contribution in [2.24, 2.45) is 0 Å². The summed E-state index contributed by atoms with van der Waals surface area (Å²) in [5, 5.41) is 24.1. The van der Waals surface area contributed by atoms with E-state index in [4.69, 9.17) is 9.47 Å². The van der Waals surface area contributed by atoms with Crippen molar-refractivity contribution in [2.45, 2.75) is 12.5 Å². The number of pyridine rings is 1. The van der Waals surface area contributed by atoms with Gasteiger partial charge in [-0.2, -0.15) is 0 Å². The van der Waals surface area contributed by atoms with E-state index in [1.54, 1.807) is 12.3 Å². The minimum absolute atomic E-state index is 0.0896. The average molecular weight is 331 g/mol. The molecule has 2 aromatic rings. The van der Waals surface area contributed by atoms with E-state index in [9.17, 15) is 15.2 Å². The fraction of sp³-hybridized carbons (Fsp3) is 0.312. The third-order valence-electron chi connectivity index (χ3n) is 3.63. The number of nitrogens with one attached hydrogen (secondary N) is 1. The normalized spacial score (nSPS) is 15.4. The lowest BCUT2D eigenvalue weighted by Gasteiger charge is -2.36. The predicted molar refractivity (Wildman–Crippen MR) is 86.4 cm³/mol. The SMILES string of the molecule is Cc1ccc(Oc2ccc([N+](=O)[O-])c(NCC3(O)COC3)c2)cn1. The fourth-order valence-electron chi connectivity index (χ4n) is 2.23. The maximum atomic E-state index is 11.2. The molecule has 1 fully saturated rings. The number of nitro benzene ring substituents is 1. The van der Waals surface area contributed by atoms with Crippen LogP contribution in [0.1, 0.15) is 5.69 Å². The number of nitro groups is 1. The van der Waals surface area contributed by atoms with Gasteiger partial charge < -0.3 is 19.9 Å². The van der Waals surface area contributed by atoms with Crippen molar-refractivity contribution in [1.82, 2.24) is 4.98 Å². The smallest absolute Gasteiger partial charge is 0.292 e. The topological polar surface area (TPSA) is 107 Å². The first-order valence-corrected chi connectivity index (χ1v) is 7.38. The number of aliphatic hydroxyl groups is 1. The molecule has 0 atom stereocenters. The number of benzene rings is 1. The number of nitrogens with zero attached hydrogens (tertiary/aromatic N) is 2. The molecule has 2 heterocycles. The van der Waals surface area contributed by atoms with E-state index in [2.05, 4.69) is 10.3 Å². The van der Waals surface area contributed by atoms with E-state index < -0.39 is 10.5 Å². The van der Waals surface area contributed by atoms with Crippen molar-refractivity contribution in [3.05, 3.63) is 52.3 Å². The quantitative estimate of drug-likeness (QED) is 0.617. The lowest BCUT2D eigenvalue weighted by Crippen LogP contribution is -2.54. The summed E-state index contributed by atoms with van der Waals surface area (Å²) in [6.45, 7) is 2.44. The molecule has 0 saturated carbocycles. The summed E-state index contributed by atoms with van der Waals surface area (Å²) in [5.41, 5.74) is 0.0569. The molecule has 126 valence electrons. The lowest BCUT2D eigenvalue weighted by molar-refractivity contribution is -0.384. The Balaban J connectivity index is 1.79. The minimum atomic E-state index is -0.994. The van der Waals surface area contributed by atoms with Gasteiger partial charge in [-0.05, 0) is 25.1 Å². The highest BCUT2D eigenvalue weighted by atomic mass is 16.6. The van der Waals surface area contributed by atoms with Crippen LogP contribution >= 0.6 is 0 Å². The molecule has 2 N–H and O–H groups in total. The van der Waals surface area contributed by atoms with Crippen molar-refractivity contribution in [1.29, 1.82) is 0 Å². The largest absolute Gasteiger partial charge is 0.456 e. The zero-order chi connectivity index (χ0) is 17.2. The van der Waals surface area contributed by atoms with E-state index in [1.807, 2.05) is 13.0 Å². The van der Waals surface area contributed by atoms with Gasteiger partial charge >= 0.3 is 0 Å². The first kappa shape index (κ1) is 16.2. The van der Waals surface area contributed by atoms with Crippen molar-refractivity contribution in [3.63, 3.8) is 0 Å². The molecule has 8 nitrogen and oxygen atoms in total. The van der Waals surface area contributed by atoms with Crippen LogP contribution < -0.4 is 10.1 Å². The van der Waals surface area contributed by atoms with Crippen LogP contribution in [0.2, 0.25) is 0 Å². The molecule has 0 radical (unpaired) electrons. The van der Waals surface area contributed by atoms with Crippen LogP contribution in [0, 0.1) is 17.0 Å². The molecule has 1 aromatic carbocycles. The van der Waals surface area contributed by atoms with Gasteiger partial charge in [0.2, 0.25) is 0 Å². The van der Waals surface area contributed by atoms with Gasteiger partial charge in [-0.3, -0.25) is 15.1 Å². The van der Waals surface area contributed by atoms with Gasteiger partial charge in [-0.25, -0.2) is 0 Å². The molecule has 1 aliphatic rings. The Morgan fingerprint density at radius 2 is 2.12 bits per heavy atom. The Morgan fingerprint density at radius 3 is 2.71 bits per heavy atom. The van der Waals surface area contributed by atoms with Crippen LogP contribution in [0.4, 0.5) is 11.4 Å². The molecule has 1 aliphatic heterocycles. The maximum Gasteiger partial charge on any atom is 0.292 e. The first-order chi connectivity index (χ1) is 11.5. The lowest BCUT2D eigenvalue weighted by atomic mass is 10.0. The Morgan fingerprint density at radius 1 is 1.38 bits per heavy atom. The van der Waals surface area contributed by atoms with Crippen molar-refractivity contribution >= 4 is 11.4 Å². The highest BCUT2D eigenvalue weighted by molar-refractivity contribution is 5.64. The fourth-order valence-corrected chi connectivity index (χ4v) is 2.23. The molecule has 0 aliphatic carbocycles. The summed E-state index contributed by atoms with van der Waals surface area (Å²) in [6.07, 6.45) is 1.58. The molecule has 24 heavy (non-hydrogen) atoms. The number of aromatic nitrogens is 1. The van der Waals surface area contributed by atoms with Crippen LogP contribution in [-0.2, 0) is 4.74 Å². The van der Waals surface area contributed by atoms with Gasteiger partial charge in [0.1, 0.15) is 22.8 Å².